The summed E-state index contributed by atoms with van der Waals surface area (Å²) in [6, 6.07) is 7.14. The van der Waals surface area contributed by atoms with Crippen LogP contribution < -0.4 is 4.74 Å². The first-order valence-electron chi connectivity index (χ1n) is 4.86. The van der Waals surface area contributed by atoms with Crippen LogP contribution in [0.1, 0.15) is 11.3 Å². The third-order valence-corrected chi connectivity index (χ3v) is 2.35. The standard InChI is InChI=1S/C12H8ClN3O/c1-8-6-9(13)2-3-11(8)17-12-10(7-14)15-4-5-16-12/h2-6H,1H3. The summed E-state index contributed by atoms with van der Waals surface area (Å²) < 4.78 is 5.53. The van der Waals surface area contributed by atoms with Gasteiger partial charge in [-0.1, -0.05) is 11.6 Å². The van der Waals surface area contributed by atoms with E-state index in [0.29, 0.717) is 10.8 Å². The average molecular weight is 246 g/mol. The summed E-state index contributed by atoms with van der Waals surface area (Å²) >= 11 is 5.84. The Labute approximate surface area is 103 Å². The Kier molecular flexibility index (Phi) is 3.22. The van der Waals surface area contributed by atoms with Crippen molar-refractivity contribution in [3.8, 4) is 17.7 Å². The van der Waals surface area contributed by atoms with E-state index in [4.69, 9.17) is 21.6 Å². The van der Waals surface area contributed by atoms with Gasteiger partial charge in [0.2, 0.25) is 5.69 Å². The van der Waals surface area contributed by atoms with Crippen molar-refractivity contribution in [2.24, 2.45) is 0 Å². The molecule has 0 unspecified atom stereocenters. The van der Waals surface area contributed by atoms with Crippen LogP contribution in [-0.2, 0) is 0 Å². The molecule has 0 aliphatic rings. The van der Waals surface area contributed by atoms with Crippen LogP contribution >= 0.6 is 11.6 Å². The maximum absolute atomic E-state index is 8.86. The SMILES string of the molecule is Cc1cc(Cl)ccc1Oc1nccnc1C#N. The first kappa shape index (κ1) is 11.4. The van der Waals surface area contributed by atoms with E-state index in [0.717, 1.165) is 5.56 Å². The molecule has 0 fully saturated rings. The number of rotatable bonds is 2. The number of nitrogens with zero attached hydrogens (tertiary/aromatic N) is 3. The minimum Gasteiger partial charge on any atom is -0.436 e. The van der Waals surface area contributed by atoms with Crippen LogP contribution in [0.3, 0.4) is 0 Å². The van der Waals surface area contributed by atoms with Gasteiger partial charge in [0, 0.05) is 17.4 Å². The number of hydrogen-bond donors (Lipinski definition) is 0. The van der Waals surface area contributed by atoms with Gasteiger partial charge < -0.3 is 4.74 Å². The number of hydrogen-bond acceptors (Lipinski definition) is 4. The van der Waals surface area contributed by atoms with Crippen LogP contribution in [-0.4, -0.2) is 9.97 Å². The predicted octanol–water partition coefficient (Wildman–Crippen LogP) is 3.10. The maximum Gasteiger partial charge on any atom is 0.256 e. The van der Waals surface area contributed by atoms with Gasteiger partial charge in [-0.2, -0.15) is 5.26 Å². The van der Waals surface area contributed by atoms with E-state index in [1.54, 1.807) is 18.2 Å². The monoisotopic (exact) mass is 245 g/mol. The summed E-state index contributed by atoms with van der Waals surface area (Å²) in [4.78, 5) is 7.83. The highest BCUT2D eigenvalue weighted by Crippen LogP contribution is 2.26. The van der Waals surface area contributed by atoms with E-state index in [1.807, 2.05) is 13.0 Å². The van der Waals surface area contributed by atoms with Crippen molar-refractivity contribution < 1.29 is 4.74 Å². The Hall–Kier alpha value is -2.12. The van der Waals surface area contributed by atoms with Gasteiger partial charge in [0.15, 0.2) is 0 Å². The predicted molar refractivity (Wildman–Crippen MR) is 63.0 cm³/mol. The summed E-state index contributed by atoms with van der Waals surface area (Å²) in [5.74, 6) is 0.798. The summed E-state index contributed by atoms with van der Waals surface area (Å²) in [6.45, 7) is 1.86. The molecule has 1 heterocycles. The van der Waals surface area contributed by atoms with Crippen LogP contribution in [0.4, 0.5) is 0 Å². The second-order valence-corrected chi connectivity index (χ2v) is 3.77. The summed E-state index contributed by atoms with van der Waals surface area (Å²) in [6.07, 6.45) is 2.92. The van der Waals surface area contributed by atoms with Crippen LogP contribution in [0.2, 0.25) is 5.02 Å². The molecule has 0 spiro atoms. The molecule has 0 aliphatic heterocycles. The van der Waals surface area contributed by atoms with Crippen molar-refractivity contribution in [1.29, 1.82) is 5.26 Å². The molecule has 1 aromatic heterocycles. The normalized spacial score (nSPS) is 9.71. The van der Waals surface area contributed by atoms with Gasteiger partial charge in [0.1, 0.15) is 11.8 Å². The van der Waals surface area contributed by atoms with Crippen molar-refractivity contribution in [2.45, 2.75) is 6.92 Å². The molecule has 0 N–H and O–H groups in total. The Morgan fingerprint density at radius 1 is 1.29 bits per heavy atom. The number of nitriles is 1. The van der Waals surface area contributed by atoms with Gasteiger partial charge in [-0.05, 0) is 30.7 Å². The van der Waals surface area contributed by atoms with Crippen LogP contribution in [0.5, 0.6) is 11.6 Å². The van der Waals surface area contributed by atoms with Gasteiger partial charge >= 0.3 is 0 Å². The molecule has 4 nitrogen and oxygen atoms in total. The van der Waals surface area contributed by atoms with Gasteiger partial charge in [-0.3, -0.25) is 0 Å². The molecule has 0 radical (unpaired) electrons. The van der Waals surface area contributed by atoms with E-state index in [9.17, 15) is 0 Å². The van der Waals surface area contributed by atoms with Crippen molar-refractivity contribution in [2.75, 3.05) is 0 Å². The third-order valence-electron chi connectivity index (χ3n) is 2.11. The molecule has 2 rings (SSSR count). The molecule has 2 aromatic rings. The lowest BCUT2D eigenvalue weighted by Gasteiger charge is -2.08. The third kappa shape index (κ3) is 2.52. The van der Waals surface area contributed by atoms with Crippen LogP contribution in [0.15, 0.2) is 30.6 Å². The van der Waals surface area contributed by atoms with Crippen molar-refractivity contribution >= 4 is 11.6 Å². The Bertz CT molecular complexity index is 593. The van der Waals surface area contributed by atoms with Gasteiger partial charge in [0.25, 0.3) is 5.88 Å². The molecular formula is C12H8ClN3O. The quantitative estimate of drug-likeness (QED) is 0.816. The fourth-order valence-electron chi connectivity index (χ4n) is 1.31. The second-order valence-electron chi connectivity index (χ2n) is 3.33. The first-order valence-corrected chi connectivity index (χ1v) is 5.23. The van der Waals surface area contributed by atoms with E-state index in [2.05, 4.69) is 9.97 Å². The molecule has 17 heavy (non-hydrogen) atoms. The summed E-state index contributed by atoms with van der Waals surface area (Å²) in [5, 5.41) is 9.49. The number of ether oxygens (including phenoxy) is 1. The van der Waals surface area contributed by atoms with Crippen molar-refractivity contribution in [3.63, 3.8) is 0 Å². The minimum atomic E-state index is 0.154. The molecule has 0 amide bonds. The van der Waals surface area contributed by atoms with Gasteiger partial charge in [-0.15, -0.1) is 0 Å². The summed E-state index contributed by atoms with van der Waals surface area (Å²) in [5.41, 5.74) is 1.02. The number of benzene rings is 1. The molecule has 0 atom stereocenters. The smallest absolute Gasteiger partial charge is 0.256 e. The van der Waals surface area contributed by atoms with Gasteiger partial charge in [0.05, 0.1) is 0 Å². The molecule has 5 heteroatoms. The van der Waals surface area contributed by atoms with E-state index >= 15 is 0 Å². The molecular weight excluding hydrogens is 238 g/mol. The summed E-state index contributed by atoms with van der Waals surface area (Å²) in [7, 11) is 0. The molecule has 0 saturated carbocycles. The van der Waals surface area contributed by atoms with Crippen LogP contribution in [0.25, 0.3) is 0 Å². The van der Waals surface area contributed by atoms with Crippen molar-refractivity contribution in [3.05, 3.63) is 46.9 Å². The molecule has 84 valence electrons. The van der Waals surface area contributed by atoms with Gasteiger partial charge in [-0.25, -0.2) is 9.97 Å². The van der Waals surface area contributed by atoms with E-state index < -0.39 is 0 Å². The zero-order valence-electron chi connectivity index (χ0n) is 9.01. The van der Waals surface area contributed by atoms with Crippen molar-refractivity contribution in [1.82, 2.24) is 9.97 Å². The number of halogens is 1. The lowest BCUT2D eigenvalue weighted by molar-refractivity contribution is 0.455. The molecule has 0 saturated heterocycles. The highest BCUT2D eigenvalue weighted by Gasteiger charge is 2.08. The number of aromatic nitrogens is 2. The topological polar surface area (TPSA) is 58.8 Å². The largest absolute Gasteiger partial charge is 0.436 e. The highest BCUT2D eigenvalue weighted by molar-refractivity contribution is 6.30. The Balaban J connectivity index is 2.35. The van der Waals surface area contributed by atoms with E-state index in [1.165, 1.54) is 12.4 Å². The van der Waals surface area contributed by atoms with E-state index in [-0.39, 0.29) is 11.6 Å². The lowest BCUT2D eigenvalue weighted by atomic mass is 10.2. The number of aryl methyl sites for hydroxylation is 1. The Morgan fingerprint density at radius 3 is 2.76 bits per heavy atom. The molecule has 0 aliphatic carbocycles. The zero-order chi connectivity index (χ0) is 12.3. The maximum atomic E-state index is 8.86. The minimum absolute atomic E-state index is 0.154. The molecule has 0 bridgehead atoms. The second kappa shape index (κ2) is 4.81. The fraction of sp³-hybridized carbons (Fsp3) is 0.0833. The molecule has 1 aromatic carbocycles. The average Bonchev–Trinajstić information content (AvgIpc) is 2.33. The lowest BCUT2D eigenvalue weighted by Crippen LogP contribution is -1.95. The Morgan fingerprint density at radius 2 is 2.06 bits per heavy atom. The first-order chi connectivity index (χ1) is 8.20. The highest BCUT2D eigenvalue weighted by atomic mass is 35.5. The fourth-order valence-corrected chi connectivity index (χ4v) is 1.53. The van der Waals surface area contributed by atoms with Crippen LogP contribution in [0, 0.1) is 18.3 Å². The zero-order valence-corrected chi connectivity index (χ0v) is 9.77.